The summed E-state index contributed by atoms with van der Waals surface area (Å²) in [7, 11) is 1.63. The SMILES string of the molecule is CCCCc1nc2c([nH]1)c(N)nc1ccc(N3CCN(CCOCCN(CCOCCC(=O)SC)C(=O)CCOCCOCCOC)CC3)cc12. The van der Waals surface area contributed by atoms with Crippen LogP contribution in [0.25, 0.3) is 21.9 Å². The standard InChI is InChI=1S/C36H57N7O7S/c1-4-5-6-31-39-34-29-27-28(7-8-30(29)38-36(37)35(34)40-31)42-13-11-41(12-14-42)15-20-49-22-17-43(16-21-47-19-10-33(45)51-3)32(44)9-18-48-25-26-50-24-23-46-2/h7-8,27H,4-6,9-26H2,1-3H3,(H2,37,38)(H,39,40). The van der Waals surface area contributed by atoms with Gasteiger partial charge in [-0.2, -0.15) is 0 Å². The van der Waals surface area contributed by atoms with Crippen LogP contribution in [0.1, 0.15) is 38.4 Å². The summed E-state index contributed by atoms with van der Waals surface area (Å²) in [4.78, 5) is 44.0. The van der Waals surface area contributed by atoms with Crippen molar-refractivity contribution in [3.63, 3.8) is 0 Å². The van der Waals surface area contributed by atoms with Crippen LogP contribution in [0, 0.1) is 0 Å². The minimum absolute atomic E-state index is 0.0169. The highest BCUT2D eigenvalue weighted by Gasteiger charge is 2.19. The van der Waals surface area contributed by atoms with Crippen molar-refractivity contribution in [1.82, 2.24) is 24.8 Å². The Balaban J connectivity index is 1.18. The Bertz CT molecular complexity index is 1490. The maximum atomic E-state index is 13.0. The van der Waals surface area contributed by atoms with Gasteiger partial charge in [0.05, 0.1) is 71.4 Å². The van der Waals surface area contributed by atoms with Gasteiger partial charge < -0.3 is 44.2 Å². The monoisotopic (exact) mass is 731 g/mol. The highest BCUT2D eigenvalue weighted by atomic mass is 32.2. The largest absolute Gasteiger partial charge is 0.382 e. The van der Waals surface area contributed by atoms with E-state index in [9.17, 15) is 9.59 Å². The predicted octanol–water partition coefficient (Wildman–Crippen LogP) is 3.37. The van der Waals surface area contributed by atoms with Crippen LogP contribution in [0.5, 0.6) is 0 Å². The van der Waals surface area contributed by atoms with Gasteiger partial charge in [-0.05, 0) is 30.9 Å². The smallest absolute Gasteiger partial charge is 0.225 e. The van der Waals surface area contributed by atoms with E-state index in [4.69, 9.17) is 34.4 Å². The minimum Gasteiger partial charge on any atom is -0.382 e. The number of carbonyl (C=O) groups excluding carboxylic acids is 2. The number of nitrogens with two attached hydrogens (primary N) is 1. The number of hydrogen-bond donors (Lipinski definition) is 2. The number of rotatable bonds is 25. The molecule has 0 radical (unpaired) electrons. The van der Waals surface area contributed by atoms with Gasteiger partial charge in [0.25, 0.3) is 0 Å². The van der Waals surface area contributed by atoms with E-state index in [1.54, 1.807) is 18.3 Å². The highest BCUT2D eigenvalue weighted by molar-refractivity contribution is 8.13. The molecule has 1 aliphatic heterocycles. The molecule has 15 heteroatoms. The quantitative estimate of drug-likeness (QED) is 0.122. The molecule has 4 rings (SSSR count). The average molecular weight is 732 g/mol. The molecule has 51 heavy (non-hydrogen) atoms. The van der Waals surface area contributed by atoms with Gasteiger partial charge in [-0.15, -0.1) is 0 Å². The van der Waals surface area contributed by atoms with Crippen LogP contribution in [-0.2, 0) is 39.7 Å². The molecular weight excluding hydrogens is 675 g/mol. The van der Waals surface area contributed by atoms with Crippen LogP contribution in [0.2, 0.25) is 0 Å². The average Bonchev–Trinajstić information content (AvgIpc) is 3.59. The molecule has 0 bridgehead atoms. The molecule has 0 spiro atoms. The zero-order valence-corrected chi connectivity index (χ0v) is 31.5. The molecule has 3 N–H and O–H groups in total. The van der Waals surface area contributed by atoms with E-state index in [1.165, 1.54) is 11.8 Å². The number of pyridine rings is 1. The number of unbranched alkanes of at least 4 members (excludes halogenated alkanes) is 1. The summed E-state index contributed by atoms with van der Waals surface area (Å²) in [5.74, 6) is 1.43. The number of nitrogens with one attached hydrogen (secondary N) is 1. The molecule has 284 valence electrons. The lowest BCUT2D eigenvalue weighted by Crippen LogP contribution is -2.47. The number of methoxy groups -OCH3 is 1. The zero-order chi connectivity index (χ0) is 36.3. The molecule has 1 amide bonds. The molecular formula is C36H57N7O7S. The second-order valence-electron chi connectivity index (χ2n) is 12.4. The number of nitrogens with zero attached hydrogens (tertiary/aromatic N) is 5. The van der Waals surface area contributed by atoms with Crippen LogP contribution < -0.4 is 10.6 Å². The van der Waals surface area contributed by atoms with Gasteiger partial charge >= 0.3 is 0 Å². The molecule has 14 nitrogen and oxygen atoms in total. The topological polar surface area (TPSA) is 158 Å². The number of nitrogen functional groups attached to an aromatic ring is 1. The van der Waals surface area contributed by atoms with E-state index < -0.39 is 0 Å². The summed E-state index contributed by atoms with van der Waals surface area (Å²) < 4.78 is 27.6. The fraction of sp³-hybridized carbons (Fsp3) is 0.667. The molecule has 0 saturated carbocycles. The molecule has 2 aromatic heterocycles. The Labute approximate surface area is 306 Å². The van der Waals surface area contributed by atoms with E-state index >= 15 is 0 Å². The normalized spacial score (nSPS) is 13.8. The molecule has 1 saturated heterocycles. The third kappa shape index (κ3) is 13.5. The van der Waals surface area contributed by atoms with Crippen LogP contribution in [0.3, 0.4) is 0 Å². The van der Waals surface area contributed by atoms with Gasteiger partial charge in [-0.3, -0.25) is 14.5 Å². The second-order valence-corrected chi connectivity index (χ2v) is 13.3. The third-order valence-corrected chi connectivity index (χ3v) is 9.51. The van der Waals surface area contributed by atoms with E-state index in [2.05, 4.69) is 38.8 Å². The second kappa shape index (κ2) is 22.8. The lowest BCUT2D eigenvalue weighted by atomic mass is 10.1. The number of ether oxygens (including phenoxy) is 5. The zero-order valence-electron chi connectivity index (χ0n) is 30.7. The first-order valence-electron chi connectivity index (χ1n) is 18.1. The number of fused-ring (bicyclic) bond motifs is 3. The first kappa shape index (κ1) is 40.7. The summed E-state index contributed by atoms with van der Waals surface area (Å²) in [5, 5.41) is 1.11. The third-order valence-electron chi connectivity index (χ3n) is 8.85. The molecule has 0 unspecified atom stereocenters. The lowest BCUT2D eigenvalue weighted by Gasteiger charge is -2.36. The number of benzene rings is 1. The molecule has 0 aliphatic carbocycles. The summed E-state index contributed by atoms with van der Waals surface area (Å²) >= 11 is 1.20. The van der Waals surface area contributed by atoms with Gasteiger partial charge in [0.15, 0.2) is 5.12 Å². The van der Waals surface area contributed by atoms with Crippen molar-refractivity contribution in [2.75, 3.05) is 129 Å². The fourth-order valence-corrected chi connectivity index (χ4v) is 6.12. The van der Waals surface area contributed by atoms with Crippen molar-refractivity contribution in [2.24, 2.45) is 0 Å². The number of imidazole rings is 1. The van der Waals surface area contributed by atoms with Crippen molar-refractivity contribution in [3.05, 3.63) is 24.0 Å². The van der Waals surface area contributed by atoms with Crippen LogP contribution >= 0.6 is 11.8 Å². The van der Waals surface area contributed by atoms with E-state index in [0.29, 0.717) is 84.8 Å². The van der Waals surface area contributed by atoms with Crippen molar-refractivity contribution in [2.45, 2.75) is 39.0 Å². The Morgan fingerprint density at radius 3 is 2.31 bits per heavy atom. The number of carbonyl (C=O) groups is 2. The number of aryl methyl sites for hydroxylation is 1. The Hall–Kier alpha value is -3.05. The first-order chi connectivity index (χ1) is 24.9. The van der Waals surface area contributed by atoms with Crippen LogP contribution in [-0.4, -0.2) is 154 Å². The maximum absolute atomic E-state index is 13.0. The van der Waals surface area contributed by atoms with Crippen LogP contribution in [0.4, 0.5) is 11.5 Å². The number of H-pyrrole nitrogens is 1. The molecule has 1 aromatic carbocycles. The number of thioether (sulfide) groups is 1. The first-order valence-corrected chi connectivity index (χ1v) is 19.4. The summed E-state index contributed by atoms with van der Waals surface area (Å²) in [6.07, 6.45) is 5.47. The maximum Gasteiger partial charge on any atom is 0.225 e. The van der Waals surface area contributed by atoms with E-state index in [-0.39, 0.29) is 17.4 Å². The highest BCUT2D eigenvalue weighted by Crippen LogP contribution is 2.30. The number of hydrogen-bond acceptors (Lipinski definition) is 13. The molecule has 3 aromatic rings. The van der Waals surface area contributed by atoms with Crippen molar-refractivity contribution in [1.29, 1.82) is 0 Å². The Morgan fingerprint density at radius 1 is 0.902 bits per heavy atom. The number of amides is 1. The van der Waals surface area contributed by atoms with E-state index in [1.807, 2.05) is 6.07 Å². The van der Waals surface area contributed by atoms with Crippen molar-refractivity contribution < 1.29 is 33.3 Å². The van der Waals surface area contributed by atoms with Gasteiger partial charge in [-0.1, -0.05) is 25.1 Å². The number of anilines is 2. The summed E-state index contributed by atoms with van der Waals surface area (Å²) in [6, 6.07) is 6.36. The molecule has 3 heterocycles. The summed E-state index contributed by atoms with van der Waals surface area (Å²) in [5.41, 5.74) is 10.0. The Morgan fingerprint density at radius 2 is 1.59 bits per heavy atom. The lowest BCUT2D eigenvalue weighted by molar-refractivity contribution is -0.134. The number of piperazine rings is 1. The minimum atomic E-state index is -0.0169. The van der Waals surface area contributed by atoms with Gasteiger partial charge in [0, 0.05) is 76.8 Å². The van der Waals surface area contributed by atoms with Crippen molar-refractivity contribution >= 4 is 56.2 Å². The van der Waals surface area contributed by atoms with Gasteiger partial charge in [0.2, 0.25) is 5.91 Å². The van der Waals surface area contributed by atoms with Crippen molar-refractivity contribution in [3.8, 4) is 0 Å². The molecule has 0 atom stereocenters. The predicted molar refractivity (Wildman–Crippen MR) is 203 cm³/mol. The Kier molecular flexibility index (Phi) is 18.2. The summed E-state index contributed by atoms with van der Waals surface area (Å²) in [6.45, 7) is 11.5. The van der Waals surface area contributed by atoms with Gasteiger partial charge in [-0.25, -0.2) is 9.97 Å². The van der Waals surface area contributed by atoms with Gasteiger partial charge in [0.1, 0.15) is 22.7 Å². The fourth-order valence-electron chi connectivity index (χ4n) is 5.84. The number of aromatic nitrogens is 3. The molecule has 1 aliphatic rings. The van der Waals surface area contributed by atoms with Crippen LogP contribution in [0.15, 0.2) is 18.2 Å². The molecule has 1 fully saturated rings. The number of aromatic amines is 1. The van der Waals surface area contributed by atoms with E-state index in [0.717, 1.165) is 85.4 Å².